The molecule has 2 N–H and O–H groups in total. The van der Waals surface area contributed by atoms with E-state index in [0.717, 1.165) is 17.0 Å². The van der Waals surface area contributed by atoms with E-state index in [4.69, 9.17) is 5.73 Å². The van der Waals surface area contributed by atoms with Gasteiger partial charge < -0.3 is 15.2 Å². The number of hydrogen-bond donors (Lipinski definition) is 1. The number of piperidine rings is 1. The first-order valence-electron chi connectivity index (χ1n) is 10.6. The molecule has 2 unspecified atom stereocenters. The van der Waals surface area contributed by atoms with Crippen molar-refractivity contribution in [1.82, 2.24) is 19.4 Å². The average Bonchev–Trinajstić information content (AvgIpc) is 3.38. The van der Waals surface area contributed by atoms with Crippen LogP contribution in [0.4, 0.5) is 5.82 Å². The van der Waals surface area contributed by atoms with Gasteiger partial charge in [-0.25, -0.2) is 9.97 Å². The number of aromatic nitrogens is 3. The molecule has 0 amide bonds. The van der Waals surface area contributed by atoms with Crippen LogP contribution in [0.25, 0.3) is 11.0 Å². The predicted molar refractivity (Wildman–Crippen MR) is 109 cm³/mol. The van der Waals surface area contributed by atoms with E-state index in [-0.39, 0.29) is 0 Å². The lowest BCUT2D eigenvalue weighted by Gasteiger charge is -2.39. The van der Waals surface area contributed by atoms with Crippen molar-refractivity contribution in [2.75, 3.05) is 25.9 Å². The second-order valence-corrected chi connectivity index (χ2v) is 9.08. The molecule has 0 bridgehead atoms. The molecule has 3 fully saturated rings. The van der Waals surface area contributed by atoms with Crippen LogP contribution in [0.1, 0.15) is 57.4 Å². The molecule has 1 saturated heterocycles. The third-order valence-corrected chi connectivity index (χ3v) is 7.54. The number of fused-ring (bicyclic) bond motifs is 1. The predicted octanol–water partition coefficient (Wildman–Crippen LogP) is 4.18. The smallest absolute Gasteiger partial charge is 0.145 e. The van der Waals surface area contributed by atoms with Gasteiger partial charge in [0.15, 0.2) is 0 Å². The molecule has 3 aliphatic rings. The van der Waals surface area contributed by atoms with Crippen molar-refractivity contribution >= 4 is 16.9 Å². The van der Waals surface area contributed by atoms with Crippen molar-refractivity contribution in [1.29, 1.82) is 0 Å². The molecule has 2 aromatic rings. The quantitative estimate of drug-likeness (QED) is 0.811. The Bertz CT molecular complexity index is 859. The van der Waals surface area contributed by atoms with E-state index in [9.17, 15) is 0 Å². The topological polar surface area (TPSA) is 60.0 Å². The largest absolute Gasteiger partial charge is 0.383 e. The van der Waals surface area contributed by atoms with E-state index in [0.29, 0.717) is 17.3 Å². The van der Waals surface area contributed by atoms with Crippen LogP contribution >= 0.6 is 0 Å². The SMILES string of the molecule is CN1CCC2(CCC/C2=C\C2CCC(n3ccc4c(N)ncnc43)C2)CC1. The van der Waals surface area contributed by atoms with Gasteiger partial charge >= 0.3 is 0 Å². The second kappa shape index (κ2) is 6.62. The van der Waals surface area contributed by atoms with Crippen LogP contribution in [0.2, 0.25) is 0 Å². The Morgan fingerprint density at radius 2 is 2.04 bits per heavy atom. The number of allylic oxidation sites excluding steroid dienone is 2. The van der Waals surface area contributed by atoms with E-state index in [1.807, 2.05) is 0 Å². The fourth-order valence-electron chi connectivity index (χ4n) is 5.89. The lowest BCUT2D eigenvalue weighted by molar-refractivity contribution is 0.159. The van der Waals surface area contributed by atoms with Gasteiger partial charge in [-0.3, -0.25) is 0 Å². The Morgan fingerprint density at radius 1 is 1.19 bits per heavy atom. The van der Waals surface area contributed by atoms with E-state index in [1.54, 1.807) is 11.9 Å². The Balaban J connectivity index is 1.35. The highest BCUT2D eigenvalue weighted by Crippen LogP contribution is 2.51. The number of rotatable bonds is 2. The average molecular weight is 366 g/mol. The molecule has 0 radical (unpaired) electrons. The van der Waals surface area contributed by atoms with Gasteiger partial charge in [-0.15, -0.1) is 0 Å². The fraction of sp³-hybridized carbons (Fsp3) is 0.636. The fourth-order valence-corrected chi connectivity index (χ4v) is 5.89. The minimum Gasteiger partial charge on any atom is -0.383 e. The van der Waals surface area contributed by atoms with E-state index in [1.165, 1.54) is 64.5 Å². The van der Waals surface area contributed by atoms with Gasteiger partial charge in [0.1, 0.15) is 17.8 Å². The molecular weight excluding hydrogens is 334 g/mol. The first kappa shape index (κ1) is 17.2. The molecule has 3 heterocycles. The Morgan fingerprint density at radius 3 is 2.89 bits per heavy atom. The highest BCUT2D eigenvalue weighted by Gasteiger charge is 2.40. The zero-order chi connectivity index (χ0) is 18.4. The van der Waals surface area contributed by atoms with Crippen LogP contribution < -0.4 is 5.73 Å². The van der Waals surface area contributed by atoms with Crippen LogP contribution in [0, 0.1) is 11.3 Å². The van der Waals surface area contributed by atoms with Gasteiger partial charge in [-0.1, -0.05) is 11.6 Å². The molecule has 2 aliphatic carbocycles. The first-order valence-corrected chi connectivity index (χ1v) is 10.6. The summed E-state index contributed by atoms with van der Waals surface area (Å²) < 4.78 is 2.34. The Hall–Kier alpha value is -1.88. The van der Waals surface area contributed by atoms with Crippen molar-refractivity contribution in [2.45, 2.75) is 57.4 Å². The normalized spacial score (nSPS) is 30.0. The minimum absolute atomic E-state index is 0.534. The van der Waals surface area contributed by atoms with Crippen LogP contribution in [-0.4, -0.2) is 39.6 Å². The van der Waals surface area contributed by atoms with Crippen LogP contribution in [-0.2, 0) is 0 Å². The second-order valence-electron chi connectivity index (χ2n) is 9.08. The van der Waals surface area contributed by atoms with Gasteiger partial charge in [0.2, 0.25) is 0 Å². The zero-order valence-electron chi connectivity index (χ0n) is 16.4. The molecule has 1 spiro atoms. The summed E-state index contributed by atoms with van der Waals surface area (Å²) in [6, 6.07) is 2.61. The van der Waals surface area contributed by atoms with E-state index in [2.05, 4.69) is 44.8 Å². The van der Waals surface area contributed by atoms with Crippen molar-refractivity contribution in [2.24, 2.45) is 11.3 Å². The zero-order valence-corrected chi connectivity index (χ0v) is 16.4. The lowest BCUT2D eigenvalue weighted by Crippen LogP contribution is -2.37. The summed E-state index contributed by atoms with van der Waals surface area (Å²) in [6.45, 7) is 2.53. The van der Waals surface area contributed by atoms with Gasteiger partial charge in [-0.05, 0) is 88.9 Å². The van der Waals surface area contributed by atoms with E-state index < -0.39 is 0 Å². The number of likely N-dealkylation sites (tertiary alicyclic amines) is 1. The van der Waals surface area contributed by atoms with Crippen molar-refractivity contribution in [3.63, 3.8) is 0 Å². The summed E-state index contributed by atoms with van der Waals surface area (Å²) in [5.74, 6) is 1.31. The summed E-state index contributed by atoms with van der Waals surface area (Å²) >= 11 is 0. The Kier molecular flexibility index (Phi) is 4.23. The highest BCUT2D eigenvalue weighted by atomic mass is 15.1. The summed E-state index contributed by atoms with van der Waals surface area (Å²) in [5.41, 5.74) is 9.34. The summed E-state index contributed by atoms with van der Waals surface area (Å²) in [4.78, 5) is 11.1. The number of anilines is 1. The summed E-state index contributed by atoms with van der Waals surface area (Å²) in [7, 11) is 2.27. The molecule has 2 atom stereocenters. The molecule has 2 aromatic heterocycles. The van der Waals surface area contributed by atoms with Gasteiger partial charge in [0, 0.05) is 12.2 Å². The molecule has 5 rings (SSSR count). The number of nitrogens with two attached hydrogens (primary N) is 1. The monoisotopic (exact) mass is 365 g/mol. The number of hydrogen-bond acceptors (Lipinski definition) is 4. The molecule has 5 nitrogen and oxygen atoms in total. The molecule has 0 aromatic carbocycles. The Labute approximate surface area is 161 Å². The van der Waals surface area contributed by atoms with E-state index >= 15 is 0 Å². The van der Waals surface area contributed by atoms with Gasteiger partial charge in [-0.2, -0.15) is 0 Å². The first-order chi connectivity index (χ1) is 13.1. The standard InChI is InChI=1S/C22H31N5/c1-26-11-8-22(9-12-26)7-2-3-17(22)13-16-4-5-18(14-16)27-10-6-19-20(23)24-15-25-21(19)27/h6,10,13,15-16,18H,2-5,7-9,11-12,14H2,1H3,(H2,23,24,25)/b17-13+. The van der Waals surface area contributed by atoms with Crippen molar-refractivity contribution in [3.8, 4) is 0 Å². The number of nitrogen functional groups attached to an aromatic ring is 1. The van der Waals surface area contributed by atoms with Gasteiger partial charge in [0.25, 0.3) is 0 Å². The molecule has 27 heavy (non-hydrogen) atoms. The van der Waals surface area contributed by atoms with Gasteiger partial charge in [0.05, 0.1) is 5.39 Å². The molecular formula is C22H31N5. The molecule has 144 valence electrons. The maximum Gasteiger partial charge on any atom is 0.145 e. The van der Waals surface area contributed by atoms with Crippen LogP contribution in [0.5, 0.6) is 0 Å². The maximum atomic E-state index is 6.02. The molecule has 1 aliphatic heterocycles. The third kappa shape index (κ3) is 2.96. The summed E-state index contributed by atoms with van der Waals surface area (Å²) in [5, 5.41) is 0.986. The minimum atomic E-state index is 0.534. The number of nitrogens with zero attached hydrogens (tertiary/aromatic N) is 4. The molecule has 5 heteroatoms. The van der Waals surface area contributed by atoms with Crippen molar-refractivity contribution < 1.29 is 0 Å². The highest BCUT2D eigenvalue weighted by molar-refractivity contribution is 5.86. The van der Waals surface area contributed by atoms with Crippen molar-refractivity contribution in [3.05, 3.63) is 30.2 Å². The lowest BCUT2D eigenvalue weighted by atomic mass is 9.73. The molecule has 2 saturated carbocycles. The summed E-state index contributed by atoms with van der Waals surface area (Å²) in [6.07, 6.45) is 17.1. The maximum absolute atomic E-state index is 6.02. The van der Waals surface area contributed by atoms with Crippen LogP contribution in [0.15, 0.2) is 30.2 Å². The third-order valence-electron chi connectivity index (χ3n) is 7.54. The van der Waals surface area contributed by atoms with Crippen LogP contribution in [0.3, 0.4) is 0 Å².